The lowest BCUT2D eigenvalue weighted by Gasteiger charge is -2.22. The van der Waals surface area contributed by atoms with Crippen molar-refractivity contribution < 1.29 is 14.3 Å². The number of benzene rings is 2. The van der Waals surface area contributed by atoms with Gasteiger partial charge in [0.25, 0.3) is 5.91 Å². The predicted octanol–water partition coefficient (Wildman–Crippen LogP) is 3.47. The number of para-hydroxylation sites is 1. The van der Waals surface area contributed by atoms with Crippen LogP contribution in [0.3, 0.4) is 0 Å². The van der Waals surface area contributed by atoms with Crippen molar-refractivity contribution in [3.63, 3.8) is 0 Å². The number of esters is 1. The Bertz CT molecular complexity index is 759. The Morgan fingerprint density at radius 3 is 2.65 bits per heavy atom. The molecule has 1 amide bonds. The number of carbonyl (C=O) groups excluding carboxylic acids is 2. The van der Waals surface area contributed by atoms with Gasteiger partial charge in [0.2, 0.25) is 0 Å². The van der Waals surface area contributed by atoms with Crippen LogP contribution in [-0.4, -0.2) is 24.5 Å². The molecule has 1 atom stereocenters. The molecule has 0 aliphatic carbocycles. The molecule has 0 N–H and O–H groups in total. The first kappa shape index (κ1) is 15.6. The van der Waals surface area contributed by atoms with Gasteiger partial charge in [0, 0.05) is 11.7 Å². The monoisotopic (exact) mass is 329 g/mol. The Hall–Kier alpha value is -2.33. The van der Waals surface area contributed by atoms with E-state index in [9.17, 15) is 9.59 Å². The van der Waals surface area contributed by atoms with Crippen LogP contribution in [0.25, 0.3) is 0 Å². The molecule has 0 radical (unpaired) electrons. The highest BCUT2D eigenvalue weighted by molar-refractivity contribution is 6.33. The molecule has 0 spiro atoms. The molecule has 2 aromatic carbocycles. The molecular formula is C18H16ClNO3. The summed E-state index contributed by atoms with van der Waals surface area (Å²) in [7, 11) is 0. The minimum atomic E-state index is -0.593. The number of hydrogen-bond donors (Lipinski definition) is 0. The summed E-state index contributed by atoms with van der Waals surface area (Å²) in [5, 5.41) is 0.310. The van der Waals surface area contributed by atoms with E-state index in [1.54, 1.807) is 29.2 Å². The molecule has 4 nitrogen and oxygen atoms in total. The number of anilines is 1. The van der Waals surface area contributed by atoms with Gasteiger partial charge in [0.05, 0.1) is 10.6 Å². The van der Waals surface area contributed by atoms with Gasteiger partial charge in [-0.15, -0.1) is 0 Å². The van der Waals surface area contributed by atoms with Crippen LogP contribution in [-0.2, 0) is 16.0 Å². The molecule has 1 heterocycles. The average Bonchev–Trinajstić information content (AvgIpc) is 2.88. The van der Waals surface area contributed by atoms with E-state index >= 15 is 0 Å². The molecule has 3 rings (SSSR count). The van der Waals surface area contributed by atoms with Crippen molar-refractivity contribution in [1.29, 1.82) is 0 Å². The quantitative estimate of drug-likeness (QED) is 0.810. The Morgan fingerprint density at radius 2 is 1.87 bits per heavy atom. The average molecular weight is 330 g/mol. The lowest BCUT2D eigenvalue weighted by molar-refractivity contribution is -0.122. The second-order valence-corrected chi connectivity index (χ2v) is 5.91. The smallest absolute Gasteiger partial charge is 0.340 e. The summed E-state index contributed by atoms with van der Waals surface area (Å²) < 4.78 is 5.13. The first-order chi connectivity index (χ1) is 11.1. The molecule has 1 aliphatic heterocycles. The van der Waals surface area contributed by atoms with E-state index in [-0.39, 0.29) is 24.1 Å². The van der Waals surface area contributed by atoms with Gasteiger partial charge >= 0.3 is 5.97 Å². The summed E-state index contributed by atoms with van der Waals surface area (Å²) >= 11 is 5.96. The zero-order valence-electron chi connectivity index (χ0n) is 12.7. The standard InChI is InChI=1S/C18H16ClNO3/c1-12-10-13-6-2-5-9-16(13)20(12)17(21)11-23-18(22)14-7-3-4-8-15(14)19/h2-9,12H,10-11H2,1H3/t12-/m0/s1. The van der Waals surface area contributed by atoms with E-state index in [2.05, 4.69) is 0 Å². The number of rotatable bonds is 3. The van der Waals surface area contributed by atoms with Gasteiger partial charge in [0.1, 0.15) is 0 Å². The van der Waals surface area contributed by atoms with Crippen LogP contribution < -0.4 is 4.90 Å². The van der Waals surface area contributed by atoms with Crippen molar-refractivity contribution >= 4 is 29.2 Å². The van der Waals surface area contributed by atoms with Crippen molar-refractivity contribution in [2.75, 3.05) is 11.5 Å². The van der Waals surface area contributed by atoms with Crippen LogP contribution in [0.2, 0.25) is 5.02 Å². The topological polar surface area (TPSA) is 46.6 Å². The van der Waals surface area contributed by atoms with Crippen molar-refractivity contribution in [3.8, 4) is 0 Å². The summed E-state index contributed by atoms with van der Waals surface area (Å²) in [6.45, 7) is 1.68. The highest BCUT2D eigenvalue weighted by Crippen LogP contribution is 2.31. The Morgan fingerprint density at radius 1 is 1.17 bits per heavy atom. The zero-order chi connectivity index (χ0) is 16.4. The van der Waals surface area contributed by atoms with Crippen LogP contribution in [0.15, 0.2) is 48.5 Å². The van der Waals surface area contributed by atoms with E-state index in [0.717, 1.165) is 17.7 Å². The molecule has 23 heavy (non-hydrogen) atoms. The van der Waals surface area contributed by atoms with Crippen molar-refractivity contribution in [2.45, 2.75) is 19.4 Å². The summed E-state index contributed by atoms with van der Waals surface area (Å²) in [5.41, 5.74) is 2.28. The van der Waals surface area contributed by atoms with E-state index in [1.165, 1.54) is 0 Å². The van der Waals surface area contributed by atoms with Gasteiger partial charge in [0.15, 0.2) is 6.61 Å². The zero-order valence-corrected chi connectivity index (χ0v) is 13.4. The van der Waals surface area contributed by atoms with Gasteiger partial charge in [-0.25, -0.2) is 4.79 Å². The number of nitrogens with zero attached hydrogens (tertiary/aromatic N) is 1. The lowest BCUT2D eigenvalue weighted by Crippen LogP contribution is -2.38. The van der Waals surface area contributed by atoms with Crippen molar-refractivity contribution in [3.05, 3.63) is 64.7 Å². The maximum Gasteiger partial charge on any atom is 0.340 e. The molecule has 0 unspecified atom stereocenters. The Labute approximate surface area is 139 Å². The van der Waals surface area contributed by atoms with Crippen LogP contribution >= 0.6 is 11.6 Å². The first-order valence-corrected chi connectivity index (χ1v) is 7.77. The molecular weight excluding hydrogens is 314 g/mol. The van der Waals surface area contributed by atoms with E-state index in [0.29, 0.717) is 5.02 Å². The summed E-state index contributed by atoms with van der Waals surface area (Å²) in [6, 6.07) is 14.4. The van der Waals surface area contributed by atoms with Gasteiger partial charge in [-0.3, -0.25) is 4.79 Å². The predicted molar refractivity (Wildman–Crippen MR) is 88.8 cm³/mol. The van der Waals surface area contributed by atoms with Crippen LogP contribution in [0.1, 0.15) is 22.8 Å². The van der Waals surface area contributed by atoms with Gasteiger partial charge in [-0.05, 0) is 37.1 Å². The molecule has 0 saturated carbocycles. The van der Waals surface area contributed by atoms with Gasteiger partial charge in [-0.1, -0.05) is 41.9 Å². The largest absolute Gasteiger partial charge is 0.452 e. The van der Waals surface area contributed by atoms with E-state index in [4.69, 9.17) is 16.3 Å². The minimum absolute atomic E-state index is 0.0546. The third kappa shape index (κ3) is 3.08. The molecule has 2 aromatic rings. The van der Waals surface area contributed by atoms with E-state index < -0.39 is 5.97 Å². The number of hydrogen-bond acceptors (Lipinski definition) is 3. The number of ether oxygens (including phenoxy) is 1. The molecule has 0 fully saturated rings. The van der Waals surface area contributed by atoms with Gasteiger partial charge < -0.3 is 9.64 Å². The van der Waals surface area contributed by atoms with Crippen LogP contribution in [0.4, 0.5) is 5.69 Å². The van der Waals surface area contributed by atoms with Crippen LogP contribution in [0.5, 0.6) is 0 Å². The van der Waals surface area contributed by atoms with Crippen molar-refractivity contribution in [2.24, 2.45) is 0 Å². The maximum absolute atomic E-state index is 12.5. The maximum atomic E-state index is 12.5. The highest BCUT2D eigenvalue weighted by Gasteiger charge is 2.31. The molecule has 0 aromatic heterocycles. The number of carbonyl (C=O) groups is 2. The number of amides is 1. The third-order valence-corrected chi connectivity index (χ3v) is 4.23. The number of halogens is 1. The fourth-order valence-corrected chi connectivity index (χ4v) is 3.06. The first-order valence-electron chi connectivity index (χ1n) is 7.39. The molecule has 0 saturated heterocycles. The summed E-state index contributed by atoms with van der Waals surface area (Å²) in [4.78, 5) is 26.2. The second-order valence-electron chi connectivity index (χ2n) is 5.50. The van der Waals surface area contributed by atoms with Crippen LogP contribution in [0, 0.1) is 0 Å². The highest BCUT2D eigenvalue weighted by atomic mass is 35.5. The third-order valence-electron chi connectivity index (χ3n) is 3.90. The molecule has 0 bridgehead atoms. The minimum Gasteiger partial charge on any atom is -0.452 e. The SMILES string of the molecule is C[C@H]1Cc2ccccc2N1C(=O)COC(=O)c1ccccc1Cl. The van der Waals surface area contributed by atoms with Gasteiger partial charge in [-0.2, -0.15) is 0 Å². The number of fused-ring (bicyclic) bond motifs is 1. The summed E-state index contributed by atoms with van der Waals surface area (Å²) in [5.74, 6) is -0.827. The lowest BCUT2D eigenvalue weighted by atomic mass is 10.1. The van der Waals surface area contributed by atoms with Crippen molar-refractivity contribution in [1.82, 2.24) is 0 Å². The molecule has 5 heteroatoms. The fourth-order valence-electron chi connectivity index (χ4n) is 2.85. The Balaban J connectivity index is 1.69. The fraction of sp³-hybridized carbons (Fsp3) is 0.222. The molecule has 118 valence electrons. The summed E-state index contributed by atoms with van der Waals surface area (Å²) in [6.07, 6.45) is 0.806. The normalized spacial score (nSPS) is 16.1. The molecule has 1 aliphatic rings. The van der Waals surface area contributed by atoms with E-state index in [1.807, 2.05) is 31.2 Å². The Kier molecular flexibility index (Phi) is 4.35. The second kappa shape index (κ2) is 6.42.